The van der Waals surface area contributed by atoms with E-state index in [1.807, 2.05) is 5.32 Å². The lowest BCUT2D eigenvalue weighted by Gasteiger charge is -2.19. The molecule has 0 aliphatic carbocycles. The topological polar surface area (TPSA) is 139 Å². The van der Waals surface area contributed by atoms with Crippen molar-refractivity contribution in [2.24, 2.45) is 11.7 Å². The number of nitrogens with one attached hydrogen (secondary N) is 2. The van der Waals surface area contributed by atoms with Gasteiger partial charge >= 0.3 is 5.97 Å². The average Bonchev–Trinajstić information content (AvgIpc) is 2.53. The Morgan fingerprint density at radius 1 is 1.50 bits per heavy atom. The first-order valence-electron chi connectivity index (χ1n) is 4.95. The van der Waals surface area contributed by atoms with Crippen molar-refractivity contribution in [2.45, 2.75) is 25.4 Å². The number of carboxylic acid groups (broad SMARTS) is 1. The fraction of sp³-hybridized carbons (Fsp3) is 0.556. The quantitative estimate of drug-likeness (QED) is 0.448. The van der Waals surface area contributed by atoms with Crippen LogP contribution in [0.4, 0.5) is 0 Å². The predicted molar refractivity (Wildman–Crippen MR) is 64.8 cm³/mol. The molecule has 0 saturated carbocycles. The van der Waals surface area contributed by atoms with Crippen molar-refractivity contribution in [2.75, 3.05) is 0 Å². The minimum atomic E-state index is -1.44. The van der Waals surface area contributed by atoms with Gasteiger partial charge in [0, 0.05) is 6.42 Å². The summed E-state index contributed by atoms with van der Waals surface area (Å²) in [5.41, 5.74) is 5.27. The zero-order valence-electron chi connectivity index (χ0n) is 9.50. The first-order chi connectivity index (χ1) is 7.82. The summed E-state index contributed by atoms with van der Waals surface area (Å²) in [6.07, 6.45) is -0.255. The van der Waals surface area contributed by atoms with Crippen molar-refractivity contribution in [3.8, 4) is 0 Å². The number of carbonyl (C=O) groups excluding carboxylic acids is 3. The smallest absolute Gasteiger partial charge is 0.327 e. The Balaban J connectivity index is 0.00000289. The second-order valence-corrected chi connectivity index (χ2v) is 3.84. The summed E-state index contributed by atoms with van der Waals surface area (Å²) < 4.78 is 0. The maximum absolute atomic E-state index is 11.3. The van der Waals surface area contributed by atoms with Crippen molar-refractivity contribution in [3.05, 3.63) is 0 Å². The Morgan fingerprint density at radius 2 is 2.06 bits per heavy atom. The molecule has 0 bridgehead atoms. The van der Waals surface area contributed by atoms with Gasteiger partial charge in [0.05, 0.1) is 12.0 Å². The first kappa shape index (κ1) is 16.5. The van der Waals surface area contributed by atoms with Crippen LogP contribution >= 0.6 is 17.0 Å². The van der Waals surface area contributed by atoms with Gasteiger partial charge in [-0.25, -0.2) is 4.79 Å². The molecule has 5 N–H and O–H groups in total. The van der Waals surface area contributed by atoms with Gasteiger partial charge in [-0.1, -0.05) is 0 Å². The average molecular weight is 324 g/mol. The molecule has 2 unspecified atom stereocenters. The minimum Gasteiger partial charge on any atom is -0.480 e. The molecule has 8 nitrogen and oxygen atoms in total. The highest BCUT2D eigenvalue weighted by Crippen LogP contribution is 2.15. The molecule has 102 valence electrons. The molecule has 1 saturated heterocycles. The Bertz CT molecular complexity index is 384. The number of hydrogen-bond donors (Lipinski definition) is 4. The van der Waals surface area contributed by atoms with E-state index in [1.165, 1.54) is 6.92 Å². The van der Waals surface area contributed by atoms with Crippen molar-refractivity contribution in [1.82, 2.24) is 10.6 Å². The van der Waals surface area contributed by atoms with Crippen LogP contribution < -0.4 is 16.4 Å². The third-order valence-electron chi connectivity index (χ3n) is 2.38. The van der Waals surface area contributed by atoms with Crippen molar-refractivity contribution in [3.63, 3.8) is 0 Å². The SMILES string of the molecule is Br.C[C@H](N)C(=O)NC(C(=O)O)C1CC(=O)NC1=O. The number of carbonyl (C=O) groups is 4. The van der Waals surface area contributed by atoms with Gasteiger partial charge in [-0.3, -0.25) is 19.7 Å². The summed E-state index contributed by atoms with van der Waals surface area (Å²) in [7, 11) is 0. The van der Waals surface area contributed by atoms with Crippen LogP contribution in [-0.4, -0.2) is 40.9 Å². The molecule has 0 aromatic rings. The van der Waals surface area contributed by atoms with E-state index in [1.54, 1.807) is 0 Å². The molecule has 1 aliphatic rings. The van der Waals surface area contributed by atoms with Crippen LogP contribution in [-0.2, 0) is 19.2 Å². The first-order valence-corrected chi connectivity index (χ1v) is 4.95. The Morgan fingerprint density at radius 3 is 2.39 bits per heavy atom. The van der Waals surface area contributed by atoms with Crippen LogP contribution in [0.25, 0.3) is 0 Å². The van der Waals surface area contributed by atoms with Crippen molar-refractivity contribution < 1.29 is 24.3 Å². The van der Waals surface area contributed by atoms with Crippen LogP contribution in [0.5, 0.6) is 0 Å². The number of carboxylic acids is 1. The standard InChI is InChI=1S/C9H13N3O5.BrH/c1-3(10)7(14)12-6(9(16)17)4-2-5(13)11-8(4)15;/h3-4,6H,2,10H2,1H3,(H,12,14)(H,16,17)(H,11,13,15);1H/t3-,4?,6?;/m0./s1. The van der Waals surface area contributed by atoms with Crippen LogP contribution in [0.3, 0.4) is 0 Å². The molecule has 0 spiro atoms. The molecule has 3 amide bonds. The summed E-state index contributed by atoms with van der Waals surface area (Å²) in [6, 6.07) is -2.34. The molecule has 0 radical (unpaired) electrons. The van der Waals surface area contributed by atoms with Crippen molar-refractivity contribution in [1.29, 1.82) is 0 Å². The molecule has 0 aromatic carbocycles. The fourth-order valence-electron chi connectivity index (χ4n) is 1.46. The summed E-state index contributed by atoms with van der Waals surface area (Å²) >= 11 is 0. The number of rotatable bonds is 4. The number of amides is 3. The van der Waals surface area contributed by atoms with Gasteiger partial charge in [-0.2, -0.15) is 0 Å². The third-order valence-corrected chi connectivity index (χ3v) is 2.38. The van der Waals surface area contributed by atoms with Gasteiger partial charge in [0.2, 0.25) is 17.7 Å². The molecule has 1 heterocycles. The minimum absolute atomic E-state index is 0. The third kappa shape index (κ3) is 3.77. The number of halogens is 1. The van der Waals surface area contributed by atoms with E-state index in [0.29, 0.717) is 0 Å². The molecular formula is C9H14BrN3O5. The Kier molecular flexibility index (Phi) is 5.92. The number of nitrogens with two attached hydrogens (primary N) is 1. The highest BCUT2D eigenvalue weighted by Gasteiger charge is 2.41. The van der Waals surface area contributed by atoms with E-state index in [9.17, 15) is 19.2 Å². The number of imide groups is 1. The largest absolute Gasteiger partial charge is 0.480 e. The van der Waals surface area contributed by atoms with Crippen LogP contribution in [0, 0.1) is 5.92 Å². The molecule has 3 atom stereocenters. The van der Waals surface area contributed by atoms with Gasteiger partial charge in [0.25, 0.3) is 0 Å². The fourth-order valence-corrected chi connectivity index (χ4v) is 1.46. The van der Waals surface area contributed by atoms with E-state index in [4.69, 9.17) is 10.8 Å². The lowest BCUT2D eigenvalue weighted by Crippen LogP contribution is -2.52. The van der Waals surface area contributed by atoms with Gasteiger partial charge < -0.3 is 16.2 Å². The van der Waals surface area contributed by atoms with Crippen LogP contribution in [0.2, 0.25) is 0 Å². The van der Waals surface area contributed by atoms with E-state index in [2.05, 4.69) is 5.32 Å². The second kappa shape index (κ2) is 6.45. The lowest BCUT2D eigenvalue weighted by molar-refractivity contribution is -0.145. The maximum Gasteiger partial charge on any atom is 0.327 e. The van der Waals surface area contributed by atoms with Crippen LogP contribution in [0.15, 0.2) is 0 Å². The number of hydrogen-bond acceptors (Lipinski definition) is 5. The predicted octanol–water partition coefficient (Wildman–Crippen LogP) is -1.86. The monoisotopic (exact) mass is 323 g/mol. The van der Waals surface area contributed by atoms with E-state index in [0.717, 1.165) is 0 Å². The second-order valence-electron chi connectivity index (χ2n) is 3.84. The van der Waals surface area contributed by atoms with Crippen LogP contribution in [0.1, 0.15) is 13.3 Å². The molecule has 0 aromatic heterocycles. The summed E-state index contributed by atoms with van der Waals surface area (Å²) in [4.78, 5) is 44.5. The van der Waals surface area contributed by atoms with Gasteiger partial charge in [-0.05, 0) is 6.92 Å². The maximum atomic E-state index is 11.3. The number of aliphatic carboxylic acids is 1. The summed E-state index contributed by atoms with van der Waals surface area (Å²) in [6.45, 7) is 1.38. The summed E-state index contributed by atoms with van der Waals surface area (Å²) in [5.74, 6) is -4.42. The van der Waals surface area contributed by atoms with E-state index >= 15 is 0 Å². The Labute approximate surface area is 113 Å². The van der Waals surface area contributed by atoms with E-state index in [-0.39, 0.29) is 23.4 Å². The van der Waals surface area contributed by atoms with Gasteiger partial charge in [0.15, 0.2) is 0 Å². The van der Waals surface area contributed by atoms with Crippen molar-refractivity contribution >= 4 is 40.7 Å². The zero-order chi connectivity index (χ0) is 13.2. The van der Waals surface area contributed by atoms with Gasteiger partial charge in [-0.15, -0.1) is 17.0 Å². The molecule has 1 aliphatic heterocycles. The zero-order valence-corrected chi connectivity index (χ0v) is 11.2. The summed E-state index contributed by atoms with van der Waals surface area (Å²) in [5, 5.41) is 13.0. The normalized spacial score (nSPS) is 21.6. The van der Waals surface area contributed by atoms with Gasteiger partial charge in [0.1, 0.15) is 6.04 Å². The highest BCUT2D eigenvalue weighted by atomic mass is 79.9. The Hall–Kier alpha value is -1.48. The van der Waals surface area contributed by atoms with E-state index < -0.39 is 41.7 Å². The molecule has 18 heavy (non-hydrogen) atoms. The highest BCUT2D eigenvalue weighted by molar-refractivity contribution is 8.93. The molecule has 1 fully saturated rings. The lowest BCUT2D eigenvalue weighted by atomic mass is 9.98. The molecule has 9 heteroatoms. The molecular weight excluding hydrogens is 310 g/mol. The molecule has 1 rings (SSSR count).